The molecule has 1 N–H and O–H groups in total. The summed E-state index contributed by atoms with van der Waals surface area (Å²) in [7, 11) is 0. The molecule has 0 saturated heterocycles. The summed E-state index contributed by atoms with van der Waals surface area (Å²) in [5, 5.41) is 0.616. The number of nitrogens with one attached hydrogen (secondary N) is 1. The minimum absolute atomic E-state index is 0.585. The molecule has 0 bridgehead atoms. The number of hydrogen-bond donors (Lipinski definition) is 1. The molecule has 4 rings (SSSR count). The molecule has 106 valence electrons. The van der Waals surface area contributed by atoms with Gasteiger partial charge in [0.25, 0.3) is 0 Å². The fraction of sp³-hybridized carbons (Fsp3) is 0.312. The summed E-state index contributed by atoms with van der Waals surface area (Å²) in [5.74, 6) is 1.63. The molecule has 0 fully saturated rings. The number of imidazole rings is 1. The zero-order valence-electron chi connectivity index (χ0n) is 11.6. The Kier molecular flexibility index (Phi) is 3.11. The molecule has 1 aliphatic carbocycles. The topological polar surface area (TPSA) is 54.5 Å². The molecule has 0 amide bonds. The number of aromatic nitrogens is 4. The Bertz CT molecular complexity index is 776. The zero-order chi connectivity index (χ0) is 14.2. The van der Waals surface area contributed by atoms with Crippen LogP contribution in [0.2, 0.25) is 5.15 Å². The molecule has 2 aromatic heterocycles. The minimum atomic E-state index is 0.585. The second-order valence-corrected chi connectivity index (χ2v) is 5.80. The zero-order valence-corrected chi connectivity index (χ0v) is 12.3. The third kappa shape index (κ3) is 2.40. The first kappa shape index (κ1) is 12.8. The van der Waals surface area contributed by atoms with Gasteiger partial charge in [-0.2, -0.15) is 0 Å². The normalized spacial score (nSPS) is 14.3. The van der Waals surface area contributed by atoms with E-state index in [2.05, 4.69) is 19.9 Å². The van der Waals surface area contributed by atoms with Crippen molar-refractivity contribution in [3.05, 3.63) is 52.3 Å². The number of hydrogen-bond acceptors (Lipinski definition) is 3. The van der Waals surface area contributed by atoms with Crippen molar-refractivity contribution in [1.82, 2.24) is 19.9 Å². The van der Waals surface area contributed by atoms with Gasteiger partial charge in [-0.15, -0.1) is 0 Å². The quantitative estimate of drug-likeness (QED) is 0.737. The fourth-order valence-electron chi connectivity index (χ4n) is 2.91. The minimum Gasteiger partial charge on any atom is -0.342 e. The van der Waals surface area contributed by atoms with Crippen molar-refractivity contribution in [3.63, 3.8) is 0 Å². The Morgan fingerprint density at radius 1 is 1.05 bits per heavy atom. The molecule has 0 spiro atoms. The van der Waals surface area contributed by atoms with Gasteiger partial charge in [0, 0.05) is 11.3 Å². The number of para-hydroxylation sites is 2. The monoisotopic (exact) mass is 298 g/mol. The van der Waals surface area contributed by atoms with Crippen molar-refractivity contribution < 1.29 is 0 Å². The number of fused-ring (bicyclic) bond motifs is 2. The van der Waals surface area contributed by atoms with E-state index in [0.717, 1.165) is 46.8 Å². The van der Waals surface area contributed by atoms with Crippen LogP contribution in [-0.2, 0) is 19.3 Å². The summed E-state index contributed by atoms with van der Waals surface area (Å²) >= 11 is 6.31. The third-order valence-corrected chi connectivity index (χ3v) is 4.26. The maximum Gasteiger partial charge on any atom is 0.137 e. The van der Waals surface area contributed by atoms with E-state index in [1.165, 1.54) is 12.8 Å². The molecule has 21 heavy (non-hydrogen) atoms. The Hall–Kier alpha value is -1.94. The molecule has 0 radical (unpaired) electrons. The number of aromatic amines is 1. The lowest BCUT2D eigenvalue weighted by Gasteiger charge is -2.16. The molecule has 3 aromatic rings. The highest BCUT2D eigenvalue weighted by molar-refractivity contribution is 6.30. The second kappa shape index (κ2) is 5.11. The predicted octanol–water partition coefficient (Wildman–Crippen LogP) is 3.48. The van der Waals surface area contributed by atoms with E-state index >= 15 is 0 Å². The van der Waals surface area contributed by atoms with E-state index in [1.54, 1.807) is 0 Å². The second-order valence-electron chi connectivity index (χ2n) is 5.44. The van der Waals surface area contributed by atoms with E-state index in [1.807, 2.05) is 24.3 Å². The fourth-order valence-corrected chi connectivity index (χ4v) is 3.22. The van der Waals surface area contributed by atoms with E-state index < -0.39 is 0 Å². The number of aryl methyl sites for hydroxylation is 1. The lowest BCUT2D eigenvalue weighted by Crippen LogP contribution is -2.11. The van der Waals surface area contributed by atoms with Crippen LogP contribution in [0.4, 0.5) is 0 Å². The van der Waals surface area contributed by atoms with Crippen molar-refractivity contribution in [3.8, 4) is 0 Å². The molecular formula is C16H15ClN4. The largest absolute Gasteiger partial charge is 0.342 e. The lowest BCUT2D eigenvalue weighted by atomic mass is 9.97. The average Bonchev–Trinajstić information content (AvgIpc) is 2.89. The van der Waals surface area contributed by atoms with E-state index in [9.17, 15) is 0 Å². The van der Waals surface area contributed by atoms with Gasteiger partial charge in [0.15, 0.2) is 0 Å². The number of nitrogens with zero attached hydrogens (tertiary/aromatic N) is 3. The highest BCUT2D eigenvalue weighted by atomic mass is 35.5. The van der Waals surface area contributed by atoms with Gasteiger partial charge in [-0.1, -0.05) is 23.7 Å². The van der Waals surface area contributed by atoms with Crippen molar-refractivity contribution in [1.29, 1.82) is 0 Å². The summed E-state index contributed by atoms with van der Waals surface area (Å²) in [6.07, 6.45) is 4.95. The molecule has 2 heterocycles. The summed E-state index contributed by atoms with van der Waals surface area (Å²) in [4.78, 5) is 17.0. The van der Waals surface area contributed by atoms with E-state index in [0.29, 0.717) is 11.6 Å². The van der Waals surface area contributed by atoms with Crippen molar-refractivity contribution >= 4 is 22.6 Å². The first-order chi connectivity index (χ1) is 10.3. The molecule has 0 saturated carbocycles. The van der Waals surface area contributed by atoms with E-state index in [-0.39, 0.29) is 0 Å². The molecular weight excluding hydrogens is 284 g/mol. The maximum atomic E-state index is 6.31. The van der Waals surface area contributed by atoms with Crippen molar-refractivity contribution in [2.75, 3.05) is 0 Å². The summed E-state index contributed by atoms with van der Waals surface area (Å²) in [6.45, 7) is 0. The first-order valence-electron chi connectivity index (χ1n) is 7.27. The van der Waals surface area contributed by atoms with Gasteiger partial charge in [-0.25, -0.2) is 15.0 Å². The van der Waals surface area contributed by atoms with Gasteiger partial charge < -0.3 is 4.98 Å². The Labute approximate surface area is 127 Å². The highest BCUT2D eigenvalue weighted by Crippen LogP contribution is 2.25. The number of rotatable bonds is 2. The average molecular weight is 299 g/mol. The molecule has 5 heteroatoms. The van der Waals surface area contributed by atoms with E-state index in [4.69, 9.17) is 11.6 Å². The molecule has 1 aromatic carbocycles. The SMILES string of the molecule is Clc1nc(Cc2nc3ccccc3[nH]2)nc2c1CCCC2. The van der Waals surface area contributed by atoms with Crippen LogP contribution in [-0.4, -0.2) is 19.9 Å². The smallest absolute Gasteiger partial charge is 0.137 e. The van der Waals surface area contributed by atoms with Gasteiger partial charge in [-0.05, 0) is 37.8 Å². The lowest BCUT2D eigenvalue weighted by molar-refractivity contribution is 0.655. The third-order valence-electron chi connectivity index (χ3n) is 3.94. The van der Waals surface area contributed by atoms with Crippen LogP contribution in [0.3, 0.4) is 0 Å². The van der Waals surface area contributed by atoms with Crippen molar-refractivity contribution in [2.45, 2.75) is 32.1 Å². The van der Waals surface area contributed by atoms with Crippen LogP contribution in [0, 0.1) is 0 Å². The van der Waals surface area contributed by atoms with Crippen LogP contribution in [0.15, 0.2) is 24.3 Å². The van der Waals surface area contributed by atoms with Crippen LogP contribution in [0.1, 0.15) is 35.7 Å². The Balaban J connectivity index is 1.69. The van der Waals surface area contributed by atoms with Crippen LogP contribution in [0.25, 0.3) is 11.0 Å². The standard InChI is InChI=1S/C16H15ClN4/c17-16-10-5-1-2-6-11(10)18-15(21-16)9-14-19-12-7-3-4-8-13(12)20-14/h3-4,7-8H,1-2,5-6,9H2,(H,19,20). The highest BCUT2D eigenvalue weighted by Gasteiger charge is 2.17. The maximum absolute atomic E-state index is 6.31. The van der Waals surface area contributed by atoms with Crippen LogP contribution < -0.4 is 0 Å². The van der Waals surface area contributed by atoms with Crippen LogP contribution >= 0.6 is 11.6 Å². The Morgan fingerprint density at radius 2 is 1.90 bits per heavy atom. The van der Waals surface area contributed by atoms with Gasteiger partial charge in [0.1, 0.15) is 16.8 Å². The van der Waals surface area contributed by atoms with Crippen LogP contribution in [0.5, 0.6) is 0 Å². The number of halogens is 1. The predicted molar refractivity (Wildman–Crippen MR) is 82.6 cm³/mol. The molecule has 1 aliphatic rings. The molecule has 0 atom stereocenters. The van der Waals surface area contributed by atoms with Crippen molar-refractivity contribution in [2.24, 2.45) is 0 Å². The van der Waals surface area contributed by atoms with Gasteiger partial charge in [0.05, 0.1) is 17.5 Å². The summed E-state index contributed by atoms with van der Waals surface area (Å²) in [6, 6.07) is 8.00. The van der Waals surface area contributed by atoms with Gasteiger partial charge >= 0.3 is 0 Å². The number of H-pyrrole nitrogens is 1. The summed E-state index contributed by atoms with van der Waals surface area (Å²) < 4.78 is 0. The summed E-state index contributed by atoms with van der Waals surface area (Å²) in [5.41, 5.74) is 4.26. The number of benzene rings is 1. The van der Waals surface area contributed by atoms with Gasteiger partial charge in [-0.3, -0.25) is 0 Å². The van der Waals surface area contributed by atoms with Gasteiger partial charge in [0.2, 0.25) is 0 Å². The molecule has 0 unspecified atom stereocenters. The first-order valence-corrected chi connectivity index (χ1v) is 7.65. The molecule has 4 nitrogen and oxygen atoms in total. The molecule has 0 aliphatic heterocycles. The Morgan fingerprint density at radius 3 is 2.81 bits per heavy atom.